The number of hydrogen-bond acceptors (Lipinski definition) is 7. The first-order valence-corrected chi connectivity index (χ1v) is 12.7. The molecule has 2 aromatic rings. The van der Waals surface area contributed by atoms with Crippen molar-refractivity contribution < 1.29 is 19.2 Å². The molecule has 0 fully saturated rings. The molecule has 200 valence electrons. The van der Waals surface area contributed by atoms with Gasteiger partial charge in [0.2, 0.25) is 0 Å². The summed E-state index contributed by atoms with van der Waals surface area (Å²) in [5, 5.41) is 3.81. The van der Waals surface area contributed by atoms with Crippen molar-refractivity contribution >= 4 is 11.8 Å². The van der Waals surface area contributed by atoms with E-state index in [1.54, 1.807) is 31.5 Å². The number of aryl methyl sites for hydroxylation is 2. The van der Waals surface area contributed by atoms with Crippen molar-refractivity contribution in [3.05, 3.63) is 59.2 Å². The van der Waals surface area contributed by atoms with Gasteiger partial charge in [-0.25, -0.2) is 5.48 Å². The van der Waals surface area contributed by atoms with Crippen LogP contribution in [0.4, 0.5) is 0 Å². The van der Waals surface area contributed by atoms with Crippen LogP contribution in [0.2, 0.25) is 0 Å². The first kappa shape index (κ1) is 36.6. The minimum Gasteiger partial charge on any atom is -0.471 e. The van der Waals surface area contributed by atoms with Crippen LogP contribution in [0.25, 0.3) is 0 Å². The number of nitrogens with one attached hydrogen (secondary N) is 1. The fourth-order valence-electron chi connectivity index (χ4n) is 2.14. The number of hydrogen-bond donors (Lipinski definition) is 1. The first-order chi connectivity index (χ1) is 17.1. The maximum absolute atomic E-state index is 11.5. The largest absolute Gasteiger partial charge is 0.471 e. The highest BCUT2D eigenvalue weighted by molar-refractivity contribution is 5.95. The Balaban J connectivity index is -0.000000456. The molecule has 8 heteroatoms. The molecule has 35 heavy (non-hydrogen) atoms. The Kier molecular flexibility index (Phi) is 28.5. The van der Waals surface area contributed by atoms with E-state index in [9.17, 15) is 4.79 Å². The Hall–Kier alpha value is -3.00. The molecule has 1 aliphatic rings. The standard InChI is InChI=1S/C10H14N2O2.C9H10N2O2.4C2H6/c1-3-7-14-12-10(13)9-5-4-6-11-8(9)2;1-7-8(3-2-4-10-7)9-11-13-6-5-12-9;4*1-2/h4-6H,3,7H2,1-2H3,(H,12,13);2-4H,5-6H2,1H3;4*1-2H3. The van der Waals surface area contributed by atoms with Crippen LogP contribution in [0.1, 0.15) is 96.0 Å². The molecule has 1 aliphatic heterocycles. The van der Waals surface area contributed by atoms with E-state index in [1.807, 2.05) is 81.4 Å². The lowest BCUT2D eigenvalue weighted by molar-refractivity contribution is 0.0314. The zero-order valence-electron chi connectivity index (χ0n) is 23.8. The second kappa shape index (κ2) is 27.2. The summed E-state index contributed by atoms with van der Waals surface area (Å²) >= 11 is 0. The van der Waals surface area contributed by atoms with Crippen molar-refractivity contribution in [2.24, 2.45) is 5.16 Å². The average molecular weight is 493 g/mol. The number of carbonyl (C=O) groups is 1. The van der Waals surface area contributed by atoms with E-state index >= 15 is 0 Å². The molecular formula is C27H48N4O4. The van der Waals surface area contributed by atoms with Crippen LogP contribution in [0.3, 0.4) is 0 Å². The van der Waals surface area contributed by atoms with Crippen LogP contribution in [-0.2, 0) is 14.4 Å². The normalized spacial score (nSPS) is 10.4. The Bertz CT molecular complexity index is 783. The lowest BCUT2D eigenvalue weighted by atomic mass is 10.2. The highest BCUT2D eigenvalue weighted by atomic mass is 16.7. The number of nitrogens with zero attached hydrogens (tertiary/aromatic N) is 3. The molecule has 1 N–H and O–H groups in total. The Labute approximate surface area is 213 Å². The van der Waals surface area contributed by atoms with Gasteiger partial charge >= 0.3 is 0 Å². The highest BCUT2D eigenvalue weighted by Gasteiger charge is 2.12. The summed E-state index contributed by atoms with van der Waals surface area (Å²) < 4.78 is 5.33. The summed E-state index contributed by atoms with van der Waals surface area (Å²) in [5.41, 5.74) is 5.39. The van der Waals surface area contributed by atoms with Crippen molar-refractivity contribution in [2.75, 3.05) is 19.8 Å². The molecule has 0 saturated heterocycles. The summed E-state index contributed by atoms with van der Waals surface area (Å²) in [6.07, 6.45) is 4.26. The first-order valence-electron chi connectivity index (χ1n) is 12.7. The van der Waals surface area contributed by atoms with E-state index < -0.39 is 0 Å². The Morgan fingerprint density at radius 2 is 1.49 bits per heavy atom. The molecule has 0 spiro atoms. The zero-order valence-corrected chi connectivity index (χ0v) is 23.8. The molecule has 0 bridgehead atoms. The quantitative estimate of drug-likeness (QED) is 0.370. The summed E-state index contributed by atoms with van der Waals surface area (Å²) in [4.78, 5) is 29.5. The van der Waals surface area contributed by atoms with E-state index in [0.717, 1.165) is 17.7 Å². The third-order valence-electron chi connectivity index (χ3n) is 3.52. The molecule has 0 aliphatic carbocycles. The van der Waals surface area contributed by atoms with Gasteiger partial charge in [0.05, 0.1) is 23.4 Å². The molecule has 8 nitrogen and oxygen atoms in total. The lowest BCUT2D eigenvalue weighted by Gasteiger charge is -2.14. The fourth-order valence-corrected chi connectivity index (χ4v) is 2.14. The maximum atomic E-state index is 11.5. The van der Waals surface area contributed by atoms with Gasteiger partial charge in [0.1, 0.15) is 6.61 Å². The second-order valence-electron chi connectivity index (χ2n) is 5.63. The number of amides is 1. The predicted molar refractivity (Wildman–Crippen MR) is 145 cm³/mol. The van der Waals surface area contributed by atoms with Gasteiger partial charge in [-0.05, 0) is 49.7 Å². The topological polar surface area (TPSA) is 94.9 Å². The van der Waals surface area contributed by atoms with Crippen LogP contribution in [-0.4, -0.2) is 41.6 Å². The average Bonchev–Trinajstić information content (AvgIpc) is 2.95. The second-order valence-corrected chi connectivity index (χ2v) is 5.63. The van der Waals surface area contributed by atoms with Gasteiger partial charge in [-0.15, -0.1) is 0 Å². The van der Waals surface area contributed by atoms with Gasteiger partial charge in [-0.2, -0.15) is 0 Å². The molecule has 3 heterocycles. The number of oxime groups is 1. The molecule has 1 amide bonds. The van der Waals surface area contributed by atoms with E-state index in [0.29, 0.717) is 37.0 Å². The number of hydroxylamine groups is 1. The summed E-state index contributed by atoms with van der Waals surface area (Å²) in [6.45, 7) is 23.3. The maximum Gasteiger partial charge on any atom is 0.276 e. The number of carbonyl (C=O) groups excluding carboxylic acids is 1. The monoisotopic (exact) mass is 492 g/mol. The number of ether oxygens (including phenoxy) is 1. The van der Waals surface area contributed by atoms with Gasteiger partial charge in [0.25, 0.3) is 11.8 Å². The van der Waals surface area contributed by atoms with Crippen molar-refractivity contribution in [1.82, 2.24) is 15.4 Å². The highest BCUT2D eigenvalue weighted by Crippen LogP contribution is 2.09. The Morgan fingerprint density at radius 3 is 1.97 bits per heavy atom. The van der Waals surface area contributed by atoms with E-state index in [-0.39, 0.29) is 5.91 Å². The zero-order chi connectivity index (χ0) is 27.5. The minimum atomic E-state index is -0.246. The molecule has 0 unspecified atom stereocenters. The summed E-state index contributed by atoms with van der Waals surface area (Å²) in [7, 11) is 0. The Morgan fingerprint density at radius 1 is 0.914 bits per heavy atom. The lowest BCUT2D eigenvalue weighted by Crippen LogP contribution is -2.25. The van der Waals surface area contributed by atoms with Crippen LogP contribution in [0.5, 0.6) is 0 Å². The van der Waals surface area contributed by atoms with Crippen molar-refractivity contribution in [2.45, 2.75) is 82.6 Å². The molecule has 0 aromatic carbocycles. The summed E-state index contributed by atoms with van der Waals surface area (Å²) in [6, 6.07) is 7.20. The third-order valence-corrected chi connectivity index (χ3v) is 3.52. The minimum absolute atomic E-state index is 0.246. The van der Waals surface area contributed by atoms with E-state index in [1.165, 1.54) is 0 Å². The molecule has 0 atom stereocenters. The fraction of sp³-hybridized carbons (Fsp3) is 0.556. The van der Waals surface area contributed by atoms with Gasteiger partial charge < -0.3 is 9.57 Å². The number of aromatic nitrogens is 2. The van der Waals surface area contributed by atoms with Gasteiger partial charge in [0, 0.05) is 18.1 Å². The van der Waals surface area contributed by atoms with E-state index in [2.05, 4.69) is 20.6 Å². The van der Waals surface area contributed by atoms with Crippen LogP contribution >= 0.6 is 0 Å². The molecule has 3 rings (SSSR count). The van der Waals surface area contributed by atoms with Gasteiger partial charge in [-0.1, -0.05) is 62.3 Å². The molecule has 0 saturated carbocycles. The van der Waals surface area contributed by atoms with Crippen LogP contribution in [0, 0.1) is 13.8 Å². The number of pyridine rings is 2. The van der Waals surface area contributed by atoms with Gasteiger partial charge in [0.15, 0.2) is 6.61 Å². The van der Waals surface area contributed by atoms with Crippen molar-refractivity contribution in [3.63, 3.8) is 0 Å². The molecular weight excluding hydrogens is 444 g/mol. The van der Waals surface area contributed by atoms with Crippen molar-refractivity contribution in [1.29, 1.82) is 0 Å². The van der Waals surface area contributed by atoms with Crippen molar-refractivity contribution in [3.8, 4) is 0 Å². The van der Waals surface area contributed by atoms with E-state index in [4.69, 9.17) is 14.4 Å². The number of rotatable bonds is 5. The third kappa shape index (κ3) is 16.3. The molecule has 0 radical (unpaired) electrons. The van der Waals surface area contributed by atoms with Gasteiger partial charge in [-0.3, -0.25) is 19.6 Å². The molecule has 2 aromatic heterocycles. The smallest absolute Gasteiger partial charge is 0.276 e. The SMILES string of the molecule is CC.CC.CC.CC.CCCONC(=O)c1cccnc1C.Cc1ncccc1C1=NOCCO1. The predicted octanol–water partition coefficient (Wildman–Crippen LogP) is 6.66. The summed E-state index contributed by atoms with van der Waals surface area (Å²) in [5.74, 6) is 0.279. The van der Waals surface area contributed by atoms with Crippen LogP contribution < -0.4 is 5.48 Å². The van der Waals surface area contributed by atoms with Crippen LogP contribution in [0.15, 0.2) is 41.8 Å².